The highest BCUT2D eigenvalue weighted by molar-refractivity contribution is 8.10. The number of nitrogens with zero attached hydrogens (tertiary/aromatic N) is 3. The van der Waals surface area contributed by atoms with E-state index in [1.54, 1.807) is 37.4 Å². The number of benzene rings is 1. The van der Waals surface area contributed by atoms with Crippen LogP contribution in [0.4, 0.5) is 9.59 Å². The van der Waals surface area contributed by atoms with E-state index in [4.69, 9.17) is 49.1 Å². The van der Waals surface area contributed by atoms with Gasteiger partial charge in [0.2, 0.25) is 5.91 Å². The summed E-state index contributed by atoms with van der Waals surface area (Å²) in [6.07, 6.45) is -1.16. The Kier molecular flexibility index (Phi) is 10.4. The summed E-state index contributed by atoms with van der Waals surface area (Å²) in [7, 11) is 0. The molecule has 0 bridgehead atoms. The quantitative estimate of drug-likeness (QED) is 0.268. The molecule has 1 aromatic rings. The molecule has 0 radical (unpaired) electrons. The summed E-state index contributed by atoms with van der Waals surface area (Å²) in [5, 5.41) is 0.958. The smallest absolute Gasteiger partial charge is 0.437 e. The van der Waals surface area contributed by atoms with E-state index in [2.05, 4.69) is 12.6 Å². The molecule has 0 saturated carbocycles. The molecule has 0 aromatic heterocycles. The van der Waals surface area contributed by atoms with Crippen LogP contribution in [0.1, 0.15) is 39.2 Å². The molecule has 3 atom stereocenters. The van der Waals surface area contributed by atoms with Crippen LogP contribution >= 0.6 is 59.2 Å². The number of piperidine rings is 1. The molecule has 2 aliphatic rings. The number of alkyl halides is 3. The molecule has 14 heteroatoms. The van der Waals surface area contributed by atoms with Crippen molar-refractivity contribution < 1.29 is 28.7 Å². The predicted molar refractivity (Wildman–Crippen MR) is 147 cm³/mol. The zero-order valence-corrected chi connectivity index (χ0v) is 24.6. The first kappa shape index (κ1) is 30.3. The molecule has 3 amide bonds. The molecular formula is C23H30Cl3N3O6S2. The van der Waals surface area contributed by atoms with Crippen LogP contribution < -0.4 is 0 Å². The van der Waals surface area contributed by atoms with Crippen molar-refractivity contribution in [3.05, 3.63) is 35.9 Å². The minimum atomic E-state index is -2.32. The fourth-order valence-electron chi connectivity index (χ4n) is 3.96. The number of hydroxylamine groups is 2. The number of thioether (sulfide) groups is 1. The molecular weight excluding hydrogens is 585 g/mol. The number of rotatable bonds is 5. The first-order valence-electron chi connectivity index (χ1n) is 11.6. The summed E-state index contributed by atoms with van der Waals surface area (Å²) >= 11 is 23.1. The standard InChI is InChI=1S/C23H30Cl3N3O6S2/c1-22(2,3)34-19(31)28-13-16(9-10-17(28)18(30)27-11-12-37-21(27)36)29(20(32)35-23(24,25)26)33-14-15-7-5-4-6-8-15/h4-8,16-17,21,36H,9-14H2,1-3H3/t16-,17+,21?/m1/s1. The van der Waals surface area contributed by atoms with Crippen molar-refractivity contribution in [2.75, 3.05) is 18.8 Å². The van der Waals surface area contributed by atoms with E-state index in [-0.39, 0.29) is 30.2 Å². The van der Waals surface area contributed by atoms with Crippen LogP contribution in [0.15, 0.2) is 30.3 Å². The van der Waals surface area contributed by atoms with E-state index < -0.39 is 33.8 Å². The second-order valence-corrected chi connectivity index (χ2v) is 13.7. The van der Waals surface area contributed by atoms with Gasteiger partial charge in [-0.3, -0.25) is 14.5 Å². The Morgan fingerprint density at radius 1 is 1.08 bits per heavy atom. The summed E-state index contributed by atoms with van der Waals surface area (Å²) < 4.78 is 7.91. The Morgan fingerprint density at radius 2 is 1.76 bits per heavy atom. The number of halogens is 3. The summed E-state index contributed by atoms with van der Waals surface area (Å²) in [5.74, 6) is 0.529. The minimum Gasteiger partial charge on any atom is -0.444 e. The maximum absolute atomic E-state index is 13.4. The number of thiol groups is 1. The molecule has 2 fully saturated rings. The lowest BCUT2D eigenvalue weighted by Gasteiger charge is -2.43. The summed E-state index contributed by atoms with van der Waals surface area (Å²) in [6.45, 7) is 5.69. The van der Waals surface area contributed by atoms with Crippen LogP contribution in [0.5, 0.6) is 0 Å². The Balaban J connectivity index is 1.85. The van der Waals surface area contributed by atoms with Gasteiger partial charge in [-0.2, -0.15) is 5.06 Å². The molecule has 2 heterocycles. The molecule has 9 nitrogen and oxygen atoms in total. The first-order valence-corrected chi connectivity index (χ1v) is 14.3. The van der Waals surface area contributed by atoms with Crippen LogP contribution in [0.25, 0.3) is 0 Å². The van der Waals surface area contributed by atoms with Gasteiger partial charge in [-0.05, 0) is 74.0 Å². The Labute approximate surface area is 241 Å². The number of ether oxygens (including phenoxy) is 2. The van der Waals surface area contributed by atoms with Crippen LogP contribution in [0.2, 0.25) is 0 Å². The van der Waals surface area contributed by atoms with Crippen LogP contribution in [-0.4, -0.2) is 78.2 Å². The number of carbonyl (C=O) groups excluding carboxylic acids is 3. The highest BCUT2D eigenvalue weighted by Gasteiger charge is 2.45. The second-order valence-electron chi connectivity index (χ2n) is 9.51. The zero-order valence-electron chi connectivity index (χ0n) is 20.6. The highest BCUT2D eigenvalue weighted by atomic mass is 35.6. The van der Waals surface area contributed by atoms with E-state index in [0.717, 1.165) is 16.4 Å². The van der Waals surface area contributed by atoms with Crippen molar-refractivity contribution in [1.29, 1.82) is 0 Å². The predicted octanol–water partition coefficient (Wildman–Crippen LogP) is 5.44. The van der Waals surface area contributed by atoms with Crippen LogP contribution in [0.3, 0.4) is 0 Å². The van der Waals surface area contributed by atoms with Gasteiger partial charge in [0.05, 0.1) is 6.04 Å². The lowest BCUT2D eigenvalue weighted by Crippen LogP contribution is -2.60. The number of amides is 3. The SMILES string of the molecule is CC(C)(C)OC(=O)N1C[C@H](N(OCc2ccccc2)C(=O)OC(Cl)(Cl)Cl)CC[C@H]1C(=O)N1CCSC1S. The van der Waals surface area contributed by atoms with Gasteiger partial charge in [-0.1, -0.05) is 30.3 Å². The number of likely N-dealkylation sites (tertiary alicyclic amines) is 1. The van der Waals surface area contributed by atoms with E-state index in [1.165, 1.54) is 4.90 Å². The summed E-state index contributed by atoms with van der Waals surface area (Å²) in [4.78, 5) is 48.4. The molecule has 0 aliphatic carbocycles. The Bertz CT molecular complexity index is 963. The average molecular weight is 615 g/mol. The highest BCUT2D eigenvalue weighted by Crippen LogP contribution is 2.33. The molecule has 0 N–H and O–H groups in total. The van der Waals surface area contributed by atoms with Gasteiger partial charge in [-0.15, -0.1) is 24.4 Å². The third-order valence-electron chi connectivity index (χ3n) is 5.55. The number of hydrogen-bond acceptors (Lipinski definition) is 8. The van der Waals surface area contributed by atoms with Gasteiger partial charge in [-0.25, -0.2) is 9.59 Å². The normalized spacial score (nSPS) is 22.5. The lowest BCUT2D eigenvalue weighted by atomic mass is 9.97. The molecule has 37 heavy (non-hydrogen) atoms. The second kappa shape index (κ2) is 12.7. The van der Waals surface area contributed by atoms with Gasteiger partial charge in [0.15, 0.2) is 0 Å². The monoisotopic (exact) mass is 613 g/mol. The molecule has 2 aliphatic heterocycles. The van der Waals surface area contributed by atoms with Crippen molar-refractivity contribution >= 4 is 77.3 Å². The van der Waals surface area contributed by atoms with Gasteiger partial charge >= 0.3 is 16.2 Å². The zero-order chi connectivity index (χ0) is 27.4. The summed E-state index contributed by atoms with van der Waals surface area (Å²) in [6, 6.07) is 7.65. The third-order valence-corrected chi connectivity index (χ3v) is 7.47. The molecule has 1 unspecified atom stereocenters. The topological polar surface area (TPSA) is 88.6 Å². The molecule has 206 valence electrons. The van der Waals surface area contributed by atoms with E-state index in [1.807, 2.05) is 30.3 Å². The maximum Gasteiger partial charge on any atom is 0.437 e. The average Bonchev–Trinajstić information content (AvgIpc) is 3.23. The van der Waals surface area contributed by atoms with Gasteiger partial charge in [0, 0.05) is 18.8 Å². The molecule has 3 rings (SSSR count). The fourth-order valence-corrected chi connectivity index (χ4v) is 5.60. The van der Waals surface area contributed by atoms with Crippen molar-refractivity contribution in [1.82, 2.24) is 14.9 Å². The lowest BCUT2D eigenvalue weighted by molar-refractivity contribution is -0.183. The number of carbonyl (C=O) groups is 3. The van der Waals surface area contributed by atoms with Crippen LogP contribution in [-0.2, 0) is 25.7 Å². The van der Waals surface area contributed by atoms with Crippen LogP contribution in [0, 0.1) is 0 Å². The Hall–Kier alpha value is -1.24. The number of hydrogen-bond donors (Lipinski definition) is 1. The third kappa shape index (κ3) is 8.90. The largest absolute Gasteiger partial charge is 0.444 e. The molecule has 1 aromatic carbocycles. The first-order chi connectivity index (χ1) is 17.2. The van der Waals surface area contributed by atoms with Crippen molar-refractivity contribution in [3.63, 3.8) is 0 Å². The molecule has 0 spiro atoms. The van der Waals surface area contributed by atoms with Crippen molar-refractivity contribution in [2.24, 2.45) is 0 Å². The fraction of sp³-hybridized carbons (Fsp3) is 0.609. The van der Waals surface area contributed by atoms with E-state index in [0.29, 0.717) is 13.0 Å². The van der Waals surface area contributed by atoms with Gasteiger partial charge in [0.1, 0.15) is 23.0 Å². The van der Waals surface area contributed by atoms with E-state index >= 15 is 0 Å². The maximum atomic E-state index is 13.4. The van der Waals surface area contributed by atoms with Gasteiger partial charge in [0.25, 0.3) is 0 Å². The molecule has 2 saturated heterocycles. The Morgan fingerprint density at radius 3 is 2.32 bits per heavy atom. The van der Waals surface area contributed by atoms with Crippen molar-refractivity contribution in [2.45, 2.75) is 66.6 Å². The summed E-state index contributed by atoms with van der Waals surface area (Å²) in [5.41, 5.74) is -0.0149. The van der Waals surface area contributed by atoms with Crippen molar-refractivity contribution in [3.8, 4) is 0 Å². The van der Waals surface area contributed by atoms with E-state index in [9.17, 15) is 14.4 Å². The van der Waals surface area contributed by atoms with Gasteiger partial charge < -0.3 is 14.4 Å². The minimum absolute atomic E-state index is 0.0213.